The minimum absolute atomic E-state index is 0.0268. The Hall–Kier alpha value is -5.71. The minimum Gasteiger partial charge on any atom is -0.480 e. The van der Waals surface area contributed by atoms with Gasteiger partial charge in [-0.2, -0.15) is 0 Å². The Bertz CT molecular complexity index is 1830. The number of benzene rings is 2. The number of alkyl carbamates (subject to hydrolysis) is 2. The second-order valence-electron chi connectivity index (χ2n) is 17.7. The number of aliphatic carboxylic acids is 1. The van der Waals surface area contributed by atoms with E-state index in [2.05, 4.69) is 51.0 Å². The highest BCUT2D eigenvalue weighted by molar-refractivity contribution is 6.01. The number of carboxylic acids is 1. The van der Waals surface area contributed by atoms with Crippen LogP contribution in [0.4, 0.5) is 9.59 Å². The van der Waals surface area contributed by atoms with Crippen molar-refractivity contribution in [1.82, 2.24) is 31.9 Å². The molecule has 6 amide bonds. The summed E-state index contributed by atoms with van der Waals surface area (Å²) in [5, 5.41) is 25.2. The lowest BCUT2D eigenvalue weighted by Gasteiger charge is -2.25. The number of carboxylic acid groups (broad SMARTS) is 1. The van der Waals surface area contributed by atoms with E-state index in [1.54, 1.807) is 53.7 Å². The number of aryl methyl sites for hydroxylation is 1. The van der Waals surface area contributed by atoms with Crippen LogP contribution in [0, 0.1) is 0 Å². The highest BCUT2D eigenvalue weighted by Gasteiger charge is 2.52. The summed E-state index contributed by atoms with van der Waals surface area (Å²) in [6.07, 6.45) is 2.71. The first kappa shape index (κ1) is 50.6. The summed E-state index contributed by atoms with van der Waals surface area (Å²) >= 11 is 0. The number of hydrogen-bond acceptors (Lipinski definition) is 10. The normalized spacial score (nSPS) is 14.5. The maximum Gasteiger partial charge on any atom is 0.407 e. The molecule has 2 aromatic rings. The molecule has 62 heavy (non-hydrogen) atoms. The number of nitrogens with two attached hydrogens (primary N) is 1. The summed E-state index contributed by atoms with van der Waals surface area (Å²) in [4.78, 5) is 89.5. The molecule has 3 rings (SSSR count). The van der Waals surface area contributed by atoms with Crippen molar-refractivity contribution in [2.24, 2.45) is 5.73 Å². The van der Waals surface area contributed by atoms with Crippen molar-refractivity contribution in [3.8, 4) is 11.1 Å². The van der Waals surface area contributed by atoms with E-state index in [0.717, 1.165) is 30.4 Å². The van der Waals surface area contributed by atoms with E-state index >= 15 is 0 Å². The van der Waals surface area contributed by atoms with Crippen LogP contribution in [0.3, 0.4) is 0 Å². The van der Waals surface area contributed by atoms with Gasteiger partial charge in [-0.25, -0.2) is 14.4 Å². The van der Waals surface area contributed by atoms with Crippen molar-refractivity contribution in [1.29, 1.82) is 0 Å². The number of nitrogens with one attached hydrogen (secondary N) is 6. The third kappa shape index (κ3) is 18.1. The lowest BCUT2D eigenvalue weighted by atomic mass is 10.0. The molecule has 0 unspecified atom stereocenters. The standard InChI is InChI=1S/C45H67N7O10/c1-8-9-14-29-17-19-30(20-18-29)31-21-23-32(24-22-31)36(53)49-33(15-10-12-27-47-41(59)61-43(2,3)4)37(54)52-45(25-26-45)40(58)51-35(46)38(55)50-34(39(56)57)16-11-13-28-48-42(60)62-44(5,6)7/h17-24,33-35H,8-16,25-28,46H2,1-7H3,(H,47,59)(H,48,60)(H,49,53)(H,50,55)(H,51,58)(H,52,54)(H,56,57)/t33-,34-,35+/m0/s1. The molecule has 17 nitrogen and oxygen atoms in total. The third-order valence-corrected chi connectivity index (χ3v) is 9.78. The van der Waals surface area contributed by atoms with Gasteiger partial charge in [0, 0.05) is 18.7 Å². The molecule has 0 bridgehead atoms. The predicted molar refractivity (Wildman–Crippen MR) is 234 cm³/mol. The quantitative estimate of drug-likeness (QED) is 0.0556. The molecule has 1 aliphatic carbocycles. The van der Waals surface area contributed by atoms with Gasteiger partial charge in [0.15, 0.2) is 6.17 Å². The van der Waals surface area contributed by atoms with Gasteiger partial charge >= 0.3 is 18.2 Å². The van der Waals surface area contributed by atoms with Gasteiger partial charge in [0.25, 0.3) is 11.8 Å². The van der Waals surface area contributed by atoms with Crippen LogP contribution >= 0.6 is 0 Å². The van der Waals surface area contributed by atoms with Gasteiger partial charge in [-0.3, -0.25) is 19.2 Å². The van der Waals surface area contributed by atoms with Crippen molar-refractivity contribution in [2.45, 2.75) is 154 Å². The number of hydrogen-bond donors (Lipinski definition) is 8. The van der Waals surface area contributed by atoms with E-state index in [4.69, 9.17) is 15.2 Å². The molecule has 0 saturated heterocycles. The topological polar surface area (TPSA) is 256 Å². The maximum atomic E-state index is 13.8. The van der Waals surface area contributed by atoms with Crippen LogP contribution in [0.2, 0.25) is 0 Å². The number of ether oxygens (including phenoxy) is 2. The Kier molecular flexibility index (Phi) is 19.2. The summed E-state index contributed by atoms with van der Waals surface area (Å²) in [6, 6.07) is 12.9. The van der Waals surface area contributed by atoms with Crippen LogP contribution < -0.4 is 37.6 Å². The molecular formula is C45H67N7O10. The van der Waals surface area contributed by atoms with Crippen LogP contribution in [0.25, 0.3) is 11.1 Å². The number of amides is 6. The van der Waals surface area contributed by atoms with E-state index in [1.807, 2.05) is 24.3 Å². The lowest BCUT2D eigenvalue weighted by molar-refractivity contribution is -0.142. The SMILES string of the molecule is CCCCc1ccc(-c2ccc(C(=O)N[C@@H](CCCCNC(=O)OC(C)(C)C)C(=O)NC3(C(=O)N[C@@H](N)C(=O)N[C@@H](CCCCNC(=O)OC(C)(C)C)C(=O)O)CC3)cc2)cc1. The molecule has 0 heterocycles. The Morgan fingerprint density at radius 1 is 0.677 bits per heavy atom. The highest BCUT2D eigenvalue weighted by Crippen LogP contribution is 2.36. The van der Waals surface area contributed by atoms with Gasteiger partial charge < -0.3 is 52.2 Å². The highest BCUT2D eigenvalue weighted by atomic mass is 16.6. The van der Waals surface area contributed by atoms with E-state index in [9.17, 15) is 38.7 Å². The number of rotatable bonds is 23. The van der Waals surface area contributed by atoms with E-state index in [0.29, 0.717) is 31.2 Å². The molecule has 1 aliphatic rings. The summed E-state index contributed by atoms with van der Waals surface area (Å²) in [5.41, 5.74) is 6.76. The zero-order valence-corrected chi connectivity index (χ0v) is 37.2. The Morgan fingerprint density at radius 3 is 1.65 bits per heavy atom. The average Bonchev–Trinajstić information content (AvgIpc) is 3.98. The first-order valence-electron chi connectivity index (χ1n) is 21.5. The number of carbonyl (C=O) groups is 7. The van der Waals surface area contributed by atoms with Crippen molar-refractivity contribution in [3.05, 3.63) is 59.7 Å². The van der Waals surface area contributed by atoms with Crippen LogP contribution in [0.15, 0.2) is 48.5 Å². The average molecular weight is 866 g/mol. The predicted octanol–water partition coefficient (Wildman–Crippen LogP) is 4.80. The first-order valence-corrected chi connectivity index (χ1v) is 21.5. The van der Waals surface area contributed by atoms with Gasteiger partial charge in [0.05, 0.1) is 0 Å². The molecule has 1 saturated carbocycles. The minimum atomic E-state index is -1.64. The molecular weight excluding hydrogens is 799 g/mol. The molecule has 0 spiro atoms. The molecule has 0 radical (unpaired) electrons. The van der Waals surface area contributed by atoms with Gasteiger partial charge in [-0.15, -0.1) is 0 Å². The smallest absolute Gasteiger partial charge is 0.407 e. The molecule has 9 N–H and O–H groups in total. The zero-order valence-electron chi connectivity index (χ0n) is 37.2. The lowest BCUT2D eigenvalue weighted by Crippen LogP contribution is -2.61. The maximum absolute atomic E-state index is 13.8. The van der Waals surface area contributed by atoms with Gasteiger partial charge in [-0.1, -0.05) is 49.7 Å². The summed E-state index contributed by atoms with van der Waals surface area (Å²) in [6.45, 7) is 13.1. The Balaban J connectivity index is 1.61. The monoisotopic (exact) mass is 865 g/mol. The van der Waals surface area contributed by atoms with Crippen molar-refractivity contribution in [3.63, 3.8) is 0 Å². The van der Waals surface area contributed by atoms with Crippen LogP contribution in [-0.4, -0.2) is 95.0 Å². The van der Waals surface area contributed by atoms with Crippen molar-refractivity contribution < 1.29 is 48.1 Å². The van der Waals surface area contributed by atoms with Crippen molar-refractivity contribution in [2.75, 3.05) is 13.1 Å². The van der Waals surface area contributed by atoms with Crippen LogP contribution in [0.1, 0.15) is 129 Å². The Morgan fingerprint density at radius 2 is 1.18 bits per heavy atom. The van der Waals surface area contributed by atoms with E-state index in [1.165, 1.54) is 5.56 Å². The molecule has 0 aromatic heterocycles. The van der Waals surface area contributed by atoms with Crippen LogP contribution in [-0.2, 0) is 35.1 Å². The van der Waals surface area contributed by atoms with Crippen molar-refractivity contribution >= 4 is 41.8 Å². The third-order valence-electron chi connectivity index (χ3n) is 9.78. The Labute approximate surface area is 364 Å². The molecule has 17 heteroatoms. The fourth-order valence-corrected chi connectivity index (χ4v) is 6.25. The first-order chi connectivity index (χ1) is 29.1. The summed E-state index contributed by atoms with van der Waals surface area (Å²) in [5.74, 6) is -4.12. The van der Waals surface area contributed by atoms with Crippen LogP contribution in [0.5, 0.6) is 0 Å². The van der Waals surface area contributed by atoms with E-state index < -0.39 is 76.8 Å². The number of unbranched alkanes of at least 4 members (excludes halogenated alkanes) is 3. The summed E-state index contributed by atoms with van der Waals surface area (Å²) in [7, 11) is 0. The molecule has 1 fully saturated rings. The molecule has 342 valence electrons. The fraction of sp³-hybridized carbons (Fsp3) is 0.578. The van der Waals surface area contributed by atoms with E-state index in [-0.39, 0.29) is 38.8 Å². The summed E-state index contributed by atoms with van der Waals surface area (Å²) < 4.78 is 10.4. The molecule has 0 aliphatic heterocycles. The second-order valence-corrected chi connectivity index (χ2v) is 17.7. The zero-order chi connectivity index (χ0) is 46.1. The molecule has 3 atom stereocenters. The van der Waals surface area contributed by atoms with Gasteiger partial charge in [0.1, 0.15) is 28.8 Å². The van der Waals surface area contributed by atoms with Gasteiger partial charge in [0.2, 0.25) is 11.8 Å². The molecule has 2 aromatic carbocycles. The second kappa shape index (κ2) is 23.5. The fourth-order valence-electron chi connectivity index (χ4n) is 6.25. The largest absolute Gasteiger partial charge is 0.480 e. The number of carbonyl (C=O) groups excluding carboxylic acids is 6. The van der Waals surface area contributed by atoms with Gasteiger partial charge in [-0.05, 0) is 135 Å².